The first-order chi connectivity index (χ1) is 25.2. The van der Waals surface area contributed by atoms with E-state index in [4.69, 9.17) is 4.74 Å². The first kappa shape index (κ1) is 40.5. The summed E-state index contributed by atoms with van der Waals surface area (Å²) in [6, 6.07) is 10.4. The van der Waals surface area contributed by atoms with E-state index in [-0.39, 0.29) is 44.2 Å². The Bertz CT molecular complexity index is 1740. The molecular formula is C38H50N6O9. The zero-order chi connectivity index (χ0) is 38.7. The number of hydrogen-bond acceptors (Lipinski definition) is 9. The molecule has 1 saturated heterocycles. The van der Waals surface area contributed by atoms with Crippen LogP contribution in [0.25, 0.3) is 10.9 Å². The molecule has 0 aliphatic carbocycles. The van der Waals surface area contributed by atoms with Crippen molar-refractivity contribution in [2.75, 3.05) is 6.54 Å². The van der Waals surface area contributed by atoms with Crippen LogP contribution in [0, 0.1) is 11.8 Å². The number of carboxylic acid groups (broad SMARTS) is 1. The molecule has 0 unspecified atom stereocenters. The largest absolute Gasteiger partial charge is 0.480 e. The molecule has 15 nitrogen and oxygen atoms in total. The summed E-state index contributed by atoms with van der Waals surface area (Å²) < 4.78 is 5.24. The van der Waals surface area contributed by atoms with Gasteiger partial charge in [-0.15, -0.1) is 0 Å². The smallest absolute Gasteiger partial charge is 0.326 e. The number of aromatic nitrogens is 1. The number of carboxylic acids is 1. The lowest BCUT2D eigenvalue weighted by Crippen LogP contribution is -2.60. The number of para-hydroxylation sites is 1. The predicted molar refractivity (Wildman–Crippen MR) is 195 cm³/mol. The lowest BCUT2D eigenvalue weighted by molar-refractivity contribution is -0.151. The highest BCUT2D eigenvalue weighted by molar-refractivity contribution is 5.96. The number of esters is 1. The number of carbonyl (C=O) groups is 6. The minimum atomic E-state index is -1.66. The molecule has 15 heteroatoms. The fraction of sp³-hybridized carbons (Fsp3) is 0.474. The van der Waals surface area contributed by atoms with Gasteiger partial charge in [0.15, 0.2) is 0 Å². The molecule has 1 fully saturated rings. The number of amides is 4. The lowest BCUT2D eigenvalue weighted by atomic mass is 9.98. The van der Waals surface area contributed by atoms with Gasteiger partial charge in [-0.1, -0.05) is 76.2 Å². The van der Waals surface area contributed by atoms with Gasteiger partial charge in [-0.2, -0.15) is 0 Å². The van der Waals surface area contributed by atoms with E-state index in [1.807, 2.05) is 38.1 Å². The fourth-order valence-electron chi connectivity index (χ4n) is 6.11. The molecule has 286 valence electrons. The molecule has 1 aromatic heterocycles. The van der Waals surface area contributed by atoms with Gasteiger partial charge in [0.05, 0.1) is 18.6 Å². The highest BCUT2D eigenvalue weighted by Crippen LogP contribution is 2.20. The van der Waals surface area contributed by atoms with E-state index < -0.39 is 78.3 Å². The van der Waals surface area contributed by atoms with Gasteiger partial charge in [0.1, 0.15) is 30.8 Å². The van der Waals surface area contributed by atoms with Crippen molar-refractivity contribution in [2.24, 2.45) is 11.8 Å². The maximum absolute atomic E-state index is 14.0. The Morgan fingerprint density at radius 2 is 1.47 bits per heavy atom. The van der Waals surface area contributed by atoms with Crippen molar-refractivity contribution in [3.8, 4) is 0 Å². The number of aliphatic hydroxyl groups is 1. The Morgan fingerprint density at radius 3 is 2.11 bits per heavy atom. The van der Waals surface area contributed by atoms with Crippen LogP contribution in [0.1, 0.15) is 58.1 Å². The van der Waals surface area contributed by atoms with Gasteiger partial charge < -0.3 is 46.5 Å². The van der Waals surface area contributed by atoms with Gasteiger partial charge in [-0.05, 0) is 41.9 Å². The minimum Gasteiger partial charge on any atom is -0.480 e. The lowest BCUT2D eigenvalue weighted by Gasteiger charge is -2.28. The van der Waals surface area contributed by atoms with Crippen molar-refractivity contribution in [3.05, 3.63) is 71.9 Å². The van der Waals surface area contributed by atoms with E-state index >= 15 is 0 Å². The Labute approximate surface area is 308 Å². The molecule has 4 amide bonds. The Balaban J connectivity index is 1.52. The number of hydrogen-bond donors (Lipinski definition) is 8. The molecule has 4 rings (SSSR count). The number of β-amino-alcohol motifs (C(OH)–C–C–N with tert-alkyl or cyclic N) is 1. The molecule has 0 radical (unpaired) electrons. The highest BCUT2D eigenvalue weighted by Gasteiger charge is 2.35. The van der Waals surface area contributed by atoms with Crippen LogP contribution >= 0.6 is 0 Å². The van der Waals surface area contributed by atoms with E-state index in [0.717, 1.165) is 10.9 Å². The zero-order valence-corrected chi connectivity index (χ0v) is 30.4. The topological polar surface area (TPSA) is 228 Å². The molecule has 0 saturated carbocycles. The number of fused-ring (bicyclic) bond motifs is 1. The van der Waals surface area contributed by atoms with Crippen LogP contribution in [-0.4, -0.2) is 93.6 Å². The minimum absolute atomic E-state index is 0.0559. The monoisotopic (exact) mass is 734 g/mol. The van der Waals surface area contributed by atoms with Crippen molar-refractivity contribution in [2.45, 2.75) is 96.3 Å². The van der Waals surface area contributed by atoms with Crippen LogP contribution in [0.2, 0.25) is 0 Å². The summed E-state index contributed by atoms with van der Waals surface area (Å²) in [7, 11) is 0. The Kier molecular flexibility index (Phi) is 14.5. The first-order valence-electron chi connectivity index (χ1n) is 17.8. The maximum Gasteiger partial charge on any atom is 0.326 e. The first-order valence-corrected chi connectivity index (χ1v) is 17.8. The molecule has 53 heavy (non-hydrogen) atoms. The molecule has 6 atom stereocenters. The molecular weight excluding hydrogens is 684 g/mol. The van der Waals surface area contributed by atoms with Crippen LogP contribution < -0.4 is 26.6 Å². The SMILES string of the molecule is CC(C)C[C@H](NC(=O)[C@H](NC(=O)[C@@H]1C[C@@H](O)CN1)C(C)C)C(=O)N[C@H](Cc1c[nH]c2ccccc12)C(=O)N[C@H](CC(=O)OCc1ccccc1)C(=O)O. The number of aliphatic hydroxyl groups excluding tert-OH is 1. The molecule has 2 heterocycles. The number of rotatable bonds is 18. The Hall–Kier alpha value is -5.28. The van der Waals surface area contributed by atoms with Crippen molar-refractivity contribution in [1.29, 1.82) is 0 Å². The number of nitrogens with one attached hydrogen (secondary N) is 6. The van der Waals surface area contributed by atoms with Gasteiger partial charge in [0, 0.05) is 30.1 Å². The predicted octanol–water partition coefficient (Wildman–Crippen LogP) is 1.29. The number of carbonyl (C=O) groups excluding carboxylic acids is 5. The zero-order valence-electron chi connectivity index (χ0n) is 30.4. The molecule has 0 spiro atoms. The number of benzene rings is 2. The molecule has 3 aromatic rings. The quantitative estimate of drug-likeness (QED) is 0.0874. The van der Waals surface area contributed by atoms with Gasteiger partial charge in [-0.25, -0.2) is 4.79 Å². The van der Waals surface area contributed by atoms with Crippen LogP contribution in [0.4, 0.5) is 0 Å². The summed E-state index contributed by atoms with van der Waals surface area (Å²) in [5.74, 6) is -5.37. The van der Waals surface area contributed by atoms with E-state index in [0.29, 0.717) is 11.1 Å². The van der Waals surface area contributed by atoms with Crippen LogP contribution in [0.5, 0.6) is 0 Å². The second-order valence-corrected chi connectivity index (χ2v) is 14.1. The number of ether oxygens (including phenoxy) is 1. The average molecular weight is 735 g/mol. The van der Waals surface area contributed by atoms with Crippen molar-refractivity contribution in [1.82, 2.24) is 31.6 Å². The second-order valence-electron chi connectivity index (χ2n) is 14.1. The molecule has 0 bridgehead atoms. The van der Waals surface area contributed by atoms with Gasteiger partial charge in [0.2, 0.25) is 23.6 Å². The molecule has 1 aliphatic heterocycles. The summed E-state index contributed by atoms with van der Waals surface area (Å²) in [5, 5.41) is 34.1. The van der Waals surface area contributed by atoms with Crippen molar-refractivity contribution in [3.63, 3.8) is 0 Å². The van der Waals surface area contributed by atoms with Gasteiger partial charge >= 0.3 is 11.9 Å². The third-order valence-corrected chi connectivity index (χ3v) is 8.97. The van der Waals surface area contributed by atoms with E-state index in [9.17, 15) is 39.0 Å². The third kappa shape index (κ3) is 11.9. The molecule has 1 aliphatic rings. The maximum atomic E-state index is 14.0. The molecule has 8 N–H and O–H groups in total. The van der Waals surface area contributed by atoms with Crippen molar-refractivity contribution >= 4 is 46.5 Å². The van der Waals surface area contributed by atoms with Crippen molar-refractivity contribution < 1.29 is 43.7 Å². The van der Waals surface area contributed by atoms with E-state index in [1.165, 1.54) is 0 Å². The van der Waals surface area contributed by atoms with Crippen LogP contribution in [0.3, 0.4) is 0 Å². The summed E-state index contributed by atoms with van der Waals surface area (Å²) >= 11 is 0. The third-order valence-electron chi connectivity index (χ3n) is 8.97. The van der Waals surface area contributed by atoms with Gasteiger partial charge in [-0.3, -0.25) is 24.0 Å². The Morgan fingerprint density at radius 1 is 0.830 bits per heavy atom. The summed E-state index contributed by atoms with van der Waals surface area (Å²) in [5.41, 5.74) is 2.15. The van der Waals surface area contributed by atoms with E-state index in [1.54, 1.807) is 50.4 Å². The fourth-order valence-corrected chi connectivity index (χ4v) is 6.11. The number of H-pyrrole nitrogens is 1. The summed E-state index contributed by atoms with van der Waals surface area (Å²) in [6.07, 6.45) is 0.678. The summed E-state index contributed by atoms with van der Waals surface area (Å²) in [6.45, 7) is 7.38. The standard InChI is InChI=1S/C38H50N6O9/c1-21(2)14-29(42-37(50)33(22(3)4)44-34(47)28-16-25(45)19-40-28)35(48)41-30(15-24-18-39-27-13-9-8-12-26(24)27)36(49)43-31(38(51)52)17-32(46)53-20-23-10-6-5-7-11-23/h5-13,18,21-22,25,28-31,33,39-40,45H,14-17,19-20H2,1-4H3,(H,41,48)(H,42,50)(H,43,49)(H,44,47)(H,51,52)/t25-,28+,29+,30-,31-,33-/m1/s1. The second kappa shape index (κ2) is 19.0. The summed E-state index contributed by atoms with van der Waals surface area (Å²) in [4.78, 5) is 82.3. The van der Waals surface area contributed by atoms with Crippen LogP contribution in [-0.2, 0) is 46.5 Å². The normalized spacial score (nSPS) is 17.8. The molecule has 2 aromatic carbocycles. The number of aromatic amines is 1. The highest BCUT2D eigenvalue weighted by atomic mass is 16.5. The van der Waals surface area contributed by atoms with E-state index in [2.05, 4.69) is 31.6 Å². The van der Waals surface area contributed by atoms with Gasteiger partial charge in [0.25, 0.3) is 0 Å². The van der Waals surface area contributed by atoms with Crippen LogP contribution in [0.15, 0.2) is 60.8 Å². The number of aliphatic carboxylic acids is 1. The average Bonchev–Trinajstić information content (AvgIpc) is 3.74.